The van der Waals surface area contributed by atoms with E-state index in [-0.39, 0.29) is 16.4 Å². The number of hydrogen-bond acceptors (Lipinski definition) is 7. The predicted molar refractivity (Wildman–Crippen MR) is 129 cm³/mol. The summed E-state index contributed by atoms with van der Waals surface area (Å²) in [6.07, 6.45) is 0. The molecule has 4 aromatic rings. The largest absolute Gasteiger partial charge is 0.452 e. The van der Waals surface area contributed by atoms with Crippen molar-refractivity contribution in [3.63, 3.8) is 0 Å². The molecule has 0 aliphatic carbocycles. The number of nitro groups is 1. The van der Waals surface area contributed by atoms with Crippen LogP contribution < -0.4 is 5.32 Å². The Morgan fingerprint density at radius 2 is 1.88 bits per heavy atom. The molecule has 3 aromatic carbocycles. The average molecular weight is 497 g/mol. The van der Waals surface area contributed by atoms with Gasteiger partial charge in [0.15, 0.2) is 11.8 Å². The number of carbonyl (C=O) groups excluding carboxylic acids is 2. The van der Waals surface area contributed by atoms with Gasteiger partial charge in [0.05, 0.1) is 21.5 Å². The number of thioether (sulfide) groups is 1. The third-order valence-electron chi connectivity index (χ3n) is 4.73. The third kappa shape index (κ3) is 5.53. The topological polar surface area (TPSA) is 127 Å². The lowest BCUT2D eigenvalue weighted by Gasteiger charge is -2.10. The second-order valence-corrected chi connectivity index (χ2v) is 8.45. The van der Waals surface area contributed by atoms with Crippen molar-refractivity contribution in [1.29, 1.82) is 0 Å². The number of aromatic amines is 1. The minimum absolute atomic E-state index is 0.0434. The Hall–Kier alpha value is -3.89. The number of amides is 1. The first kappa shape index (κ1) is 23.3. The standard InChI is InChI=1S/C23H17ClN4O5S/c24-15-9-10-19(20(11-15)28(31)32)25-21(29)12-33-22(30)16-6-2-1-5-14(16)13-34-23-26-17-7-3-4-8-18(17)27-23/h1-11H,12-13H2,(H,25,29)(H,26,27). The van der Waals surface area contributed by atoms with Gasteiger partial charge in [0, 0.05) is 16.8 Å². The van der Waals surface area contributed by atoms with Crippen molar-refractivity contribution in [3.8, 4) is 0 Å². The molecule has 172 valence electrons. The van der Waals surface area contributed by atoms with Crippen LogP contribution in [0.2, 0.25) is 5.02 Å². The van der Waals surface area contributed by atoms with Crippen LogP contribution in [-0.4, -0.2) is 33.4 Å². The maximum absolute atomic E-state index is 12.6. The van der Waals surface area contributed by atoms with E-state index in [1.165, 1.54) is 23.9 Å². The molecule has 0 atom stereocenters. The molecule has 34 heavy (non-hydrogen) atoms. The summed E-state index contributed by atoms with van der Waals surface area (Å²) in [6.45, 7) is -0.607. The lowest BCUT2D eigenvalue weighted by Crippen LogP contribution is -2.21. The molecule has 0 spiro atoms. The van der Waals surface area contributed by atoms with Crippen LogP contribution in [-0.2, 0) is 15.3 Å². The summed E-state index contributed by atoms with van der Waals surface area (Å²) in [4.78, 5) is 43.1. The van der Waals surface area contributed by atoms with E-state index in [9.17, 15) is 19.7 Å². The molecule has 11 heteroatoms. The minimum atomic E-state index is -0.715. The van der Waals surface area contributed by atoms with Crippen LogP contribution in [0, 0.1) is 10.1 Å². The zero-order valence-electron chi connectivity index (χ0n) is 17.5. The number of rotatable bonds is 8. The lowest BCUT2D eigenvalue weighted by atomic mass is 10.1. The number of imidazole rings is 1. The molecule has 1 amide bonds. The highest BCUT2D eigenvalue weighted by Crippen LogP contribution is 2.28. The van der Waals surface area contributed by atoms with Gasteiger partial charge in [-0.25, -0.2) is 9.78 Å². The average Bonchev–Trinajstić information content (AvgIpc) is 3.25. The van der Waals surface area contributed by atoms with Crippen molar-refractivity contribution in [1.82, 2.24) is 9.97 Å². The number of nitrogens with zero attached hydrogens (tertiary/aromatic N) is 2. The van der Waals surface area contributed by atoms with Gasteiger partial charge >= 0.3 is 5.97 Å². The second-order valence-electron chi connectivity index (χ2n) is 7.05. The van der Waals surface area contributed by atoms with Crippen molar-refractivity contribution in [3.05, 3.63) is 93.0 Å². The number of nitro benzene ring substituents is 1. The van der Waals surface area contributed by atoms with E-state index in [0.717, 1.165) is 17.1 Å². The zero-order valence-corrected chi connectivity index (χ0v) is 19.1. The van der Waals surface area contributed by atoms with Gasteiger partial charge in [-0.15, -0.1) is 0 Å². The first-order valence-corrected chi connectivity index (χ1v) is 11.3. The molecule has 9 nitrogen and oxygen atoms in total. The van der Waals surface area contributed by atoms with Crippen molar-refractivity contribution in [2.75, 3.05) is 11.9 Å². The lowest BCUT2D eigenvalue weighted by molar-refractivity contribution is -0.383. The number of para-hydroxylation sites is 2. The normalized spacial score (nSPS) is 10.7. The number of benzene rings is 3. The number of aromatic nitrogens is 2. The Kier molecular flexibility index (Phi) is 7.09. The highest BCUT2D eigenvalue weighted by molar-refractivity contribution is 7.98. The number of fused-ring (bicyclic) bond motifs is 1. The molecule has 1 aromatic heterocycles. The summed E-state index contributed by atoms with van der Waals surface area (Å²) in [5, 5.41) is 14.4. The maximum atomic E-state index is 12.6. The summed E-state index contributed by atoms with van der Waals surface area (Å²) >= 11 is 7.21. The Labute approximate surface area is 202 Å². The van der Waals surface area contributed by atoms with E-state index < -0.39 is 23.4 Å². The van der Waals surface area contributed by atoms with E-state index in [1.807, 2.05) is 24.3 Å². The molecule has 0 saturated heterocycles. The van der Waals surface area contributed by atoms with Crippen molar-refractivity contribution in [2.24, 2.45) is 0 Å². The third-order valence-corrected chi connectivity index (χ3v) is 5.89. The molecule has 0 bridgehead atoms. The number of carbonyl (C=O) groups is 2. The molecule has 0 radical (unpaired) electrons. The van der Waals surface area contributed by atoms with Gasteiger partial charge in [-0.2, -0.15) is 0 Å². The molecule has 0 saturated carbocycles. The summed E-state index contributed by atoms with van der Waals surface area (Å²) in [6, 6.07) is 18.4. The van der Waals surface area contributed by atoms with Crippen LogP contribution in [0.4, 0.5) is 11.4 Å². The molecule has 0 aliphatic heterocycles. The molecular weight excluding hydrogens is 480 g/mol. The fraction of sp³-hybridized carbons (Fsp3) is 0.0870. The molecular formula is C23H17ClN4O5S. The quantitative estimate of drug-likeness (QED) is 0.148. The number of H-pyrrole nitrogens is 1. The summed E-state index contributed by atoms with van der Waals surface area (Å²) < 4.78 is 5.15. The van der Waals surface area contributed by atoms with Gasteiger partial charge in [-0.1, -0.05) is 53.7 Å². The Morgan fingerprint density at radius 3 is 2.68 bits per heavy atom. The summed E-state index contributed by atoms with van der Waals surface area (Å²) in [7, 11) is 0. The van der Waals surface area contributed by atoms with Crippen LogP contribution in [0.3, 0.4) is 0 Å². The first-order valence-electron chi connectivity index (χ1n) is 9.97. The van der Waals surface area contributed by atoms with Gasteiger partial charge in [0.2, 0.25) is 0 Å². The molecule has 0 aliphatic rings. The fourth-order valence-electron chi connectivity index (χ4n) is 3.15. The van der Waals surface area contributed by atoms with Crippen LogP contribution in [0.1, 0.15) is 15.9 Å². The van der Waals surface area contributed by atoms with Crippen LogP contribution in [0.15, 0.2) is 71.9 Å². The van der Waals surface area contributed by atoms with Gasteiger partial charge in [0.25, 0.3) is 11.6 Å². The van der Waals surface area contributed by atoms with E-state index >= 15 is 0 Å². The predicted octanol–water partition coefficient (Wildman–Crippen LogP) is 5.21. The van der Waals surface area contributed by atoms with Crippen LogP contribution in [0.5, 0.6) is 0 Å². The Morgan fingerprint density at radius 1 is 1.12 bits per heavy atom. The van der Waals surface area contributed by atoms with E-state index in [2.05, 4.69) is 15.3 Å². The highest BCUT2D eigenvalue weighted by atomic mass is 35.5. The van der Waals surface area contributed by atoms with Gasteiger partial charge in [-0.05, 0) is 35.9 Å². The number of esters is 1. The Bertz CT molecular complexity index is 1360. The van der Waals surface area contributed by atoms with E-state index in [1.54, 1.807) is 24.3 Å². The summed E-state index contributed by atoms with van der Waals surface area (Å²) in [5.74, 6) is -0.941. The maximum Gasteiger partial charge on any atom is 0.338 e. The van der Waals surface area contributed by atoms with Crippen molar-refractivity contribution < 1.29 is 19.2 Å². The fourth-order valence-corrected chi connectivity index (χ4v) is 4.20. The van der Waals surface area contributed by atoms with Crippen LogP contribution >= 0.6 is 23.4 Å². The highest BCUT2D eigenvalue weighted by Gasteiger charge is 2.19. The Balaban J connectivity index is 1.38. The second kappa shape index (κ2) is 10.4. The molecule has 1 heterocycles. The molecule has 2 N–H and O–H groups in total. The van der Waals surface area contributed by atoms with Gasteiger partial charge < -0.3 is 15.0 Å². The van der Waals surface area contributed by atoms with Crippen LogP contribution in [0.25, 0.3) is 11.0 Å². The molecule has 0 unspecified atom stereocenters. The number of halogens is 1. The molecule has 4 rings (SSSR count). The molecule has 0 fully saturated rings. The van der Waals surface area contributed by atoms with E-state index in [4.69, 9.17) is 16.3 Å². The minimum Gasteiger partial charge on any atom is -0.452 e. The summed E-state index contributed by atoms with van der Waals surface area (Å²) in [5.41, 5.74) is 2.40. The van der Waals surface area contributed by atoms with E-state index in [0.29, 0.717) is 22.0 Å². The number of nitrogens with one attached hydrogen (secondary N) is 2. The van der Waals surface area contributed by atoms with Crippen molar-refractivity contribution >= 4 is 57.6 Å². The SMILES string of the molecule is O=C(COC(=O)c1ccccc1CSc1nc2ccccc2[nH]1)Nc1ccc(Cl)cc1[N+](=O)[O-]. The van der Waals surface area contributed by atoms with Crippen molar-refractivity contribution in [2.45, 2.75) is 10.9 Å². The van der Waals surface area contributed by atoms with Gasteiger partial charge in [0.1, 0.15) is 5.69 Å². The first-order chi connectivity index (χ1) is 16.4. The number of hydrogen-bond donors (Lipinski definition) is 2. The monoisotopic (exact) mass is 496 g/mol. The van der Waals surface area contributed by atoms with Gasteiger partial charge in [-0.3, -0.25) is 14.9 Å². The number of anilines is 1. The number of ether oxygens (including phenoxy) is 1. The zero-order chi connectivity index (χ0) is 24.1. The smallest absolute Gasteiger partial charge is 0.338 e.